The van der Waals surface area contributed by atoms with Gasteiger partial charge in [0, 0.05) is 0 Å². The molecule has 0 aliphatic heterocycles. The summed E-state index contributed by atoms with van der Waals surface area (Å²) in [5.41, 5.74) is 1.58. The molecule has 2 nitrogen and oxygen atoms in total. The van der Waals surface area contributed by atoms with Crippen LogP contribution < -0.4 is 0 Å². The highest BCUT2D eigenvalue weighted by atomic mass is 16.4. The second kappa shape index (κ2) is 3.96. The van der Waals surface area contributed by atoms with Gasteiger partial charge in [-0.1, -0.05) is 42.4 Å². The lowest BCUT2D eigenvalue weighted by molar-refractivity contribution is 0.0697. The van der Waals surface area contributed by atoms with Gasteiger partial charge in [-0.2, -0.15) is 0 Å². The lowest BCUT2D eigenvalue weighted by Gasteiger charge is -2.01. The molecule has 0 amide bonds. The molecule has 0 aromatic heterocycles. The first-order chi connectivity index (χ1) is 8.08. The first-order valence-electron chi connectivity index (χ1n) is 5.49. The van der Waals surface area contributed by atoms with Gasteiger partial charge in [0.25, 0.3) is 0 Å². The molecule has 0 aliphatic carbocycles. The Morgan fingerprint density at radius 2 is 1.80 bits per heavy atom. The molecule has 0 fully saturated rings. The van der Waals surface area contributed by atoms with Crippen molar-refractivity contribution in [1.29, 1.82) is 0 Å². The van der Waals surface area contributed by atoms with E-state index in [0.29, 0.717) is 11.6 Å². The minimum absolute atomic E-state index is 0.107. The zero-order valence-corrected chi connectivity index (χ0v) is 7.90. The maximum Gasteiger partial charge on any atom is 0.335 e. The van der Waals surface area contributed by atoms with E-state index in [2.05, 4.69) is 0 Å². The standard InChI is InChI=1S/C13H10O2/c14-13(15)12-8-6-11(7-9-12)10-4-2-1-3-5-10/h1-9H,(H,14,15)/i1T,6T. The van der Waals surface area contributed by atoms with Gasteiger partial charge in [0.05, 0.1) is 8.30 Å². The number of hydrogen-bond donors (Lipinski definition) is 1. The minimum Gasteiger partial charge on any atom is -0.478 e. The van der Waals surface area contributed by atoms with Crippen LogP contribution in [0, 0.1) is 0 Å². The summed E-state index contributed by atoms with van der Waals surface area (Å²) in [5.74, 6) is -1.04. The summed E-state index contributed by atoms with van der Waals surface area (Å²) in [5, 5.41) is 8.80. The Bertz CT molecular complexity index is 562. The van der Waals surface area contributed by atoms with Crippen LogP contribution in [0.1, 0.15) is 13.1 Å². The molecule has 1 N–H and O–H groups in total. The monoisotopic (exact) mass is 202 g/mol. The molecule has 0 heterocycles. The van der Waals surface area contributed by atoms with E-state index in [0.717, 1.165) is 5.56 Å². The molecular weight excluding hydrogens is 188 g/mol. The van der Waals surface area contributed by atoms with Gasteiger partial charge in [0.2, 0.25) is 0 Å². The minimum atomic E-state index is -1.04. The fraction of sp³-hybridized carbons (Fsp3) is 0. The van der Waals surface area contributed by atoms with Crippen molar-refractivity contribution in [2.24, 2.45) is 0 Å². The lowest BCUT2D eigenvalue weighted by Crippen LogP contribution is -1.94. The molecule has 2 aromatic rings. The van der Waals surface area contributed by atoms with Crippen LogP contribution in [0.25, 0.3) is 11.1 Å². The van der Waals surface area contributed by atoms with E-state index in [4.69, 9.17) is 7.85 Å². The van der Waals surface area contributed by atoms with Gasteiger partial charge in [-0.25, -0.2) is 4.79 Å². The summed E-state index contributed by atoms with van der Waals surface area (Å²) < 4.78 is 15.2. The average Bonchev–Trinajstić information content (AvgIpc) is 2.30. The molecule has 2 aromatic carbocycles. The number of carboxylic acids is 1. The maximum absolute atomic E-state index is 10.7. The van der Waals surface area contributed by atoms with E-state index in [1.165, 1.54) is 12.1 Å². The molecule has 0 saturated carbocycles. The Morgan fingerprint density at radius 1 is 1.07 bits per heavy atom. The SMILES string of the molecule is [3H]c1ccc(-c2ccc(C(=O)O)cc2[3H])cc1. The molecule has 0 saturated heterocycles. The summed E-state index contributed by atoms with van der Waals surface area (Å²) in [6, 6.07) is 11.8. The Hall–Kier alpha value is -2.09. The quantitative estimate of drug-likeness (QED) is 0.812. The van der Waals surface area contributed by atoms with Crippen LogP contribution in [0.3, 0.4) is 0 Å². The number of benzene rings is 2. The van der Waals surface area contributed by atoms with Crippen LogP contribution in [0.5, 0.6) is 0 Å². The van der Waals surface area contributed by atoms with Gasteiger partial charge >= 0.3 is 5.97 Å². The largest absolute Gasteiger partial charge is 0.478 e. The van der Waals surface area contributed by atoms with Gasteiger partial charge in [-0.3, -0.25) is 0 Å². The Labute approximate surface area is 90.6 Å². The second-order valence-electron chi connectivity index (χ2n) is 3.08. The molecule has 0 spiro atoms. The number of carboxylic acid groups (broad SMARTS) is 1. The normalized spacial score (nSPS) is 11.7. The summed E-state index contributed by atoms with van der Waals surface area (Å²) in [6.07, 6.45) is 0. The van der Waals surface area contributed by atoms with E-state index in [1.54, 1.807) is 30.3 Å². The fourth-order valence-corrected chi connectivity index (χ4v) is 1.30. The fourth-order valence-electron chi connectivity index (χ4n) is 1.30. The highest BCUT2D eigenvalue weighted by Gasteiger charge is 2.02. The topological polar surface area (TPSA) is 37.3 Å². The third-order valence-electron chi connectivity index (χ3n) is 2.09. The van der Waals surface area contributed by atoms with E-state index in [1.807, 2.05) is 0 Å². The molecule has 0 atom stereocenters. The third-order valence-corrected chi connectivity index (χ3v) is 2.09. The van der Waals surface area contributed by atoms with Gasteiger partial charge in [-0.05, 0) is 23.3 Å². The van der Waals surface area contributed by atoms with Crippen molar-refractivity contribution >= 4 is 5.97 Å². The number of aromatic carboxylic acids is 1. The van der Waals surface area contributed by atoms with Gasteiger partial charge in [0.15, 0.2) is 0 Å². The summed E-state index contributed by atoms with van der Waals surface area (Å²) in [4.78, 5) is 10.7. The smallest absolute Gasteiger partial charge is 0.335 e. The molecule has 0 radical (unpaired) electrons. The van der Waals surface area contributed by atoms with Gasteiger partial charge in [0.1, 0.15) is 0 Å². The molecule has 2 rings (SSSR count). The van der Waals surface area contributed by atoms with Crippen LogP contribution in [0.15, 0.2) is 54.5 Å². The number of hydrogen-bond acceptors (Lipinski definition) is 1. The predicted octanol–water partition coefficient (Wildman–Crippen LogP) is 3.05. The summed E-state index contributed by atoms with van der Waals surface area (Å²) >= 11 is 0. The maximum atomic E-state index is 10.7. The summed E-state index contributed by atoms with van der Waals surface area (Å²) in [6.45, 7) is 0. The van der Waals surface area contributed by atoms with Crippen LogP contribution in [-0.2, 0) is 0 Å². The van der Waals surface area contributed by atoms with Crippen molar-refractivity contribution in [3.05, 3.63) is 60.1 Å². The van der Waals surface area contributed by atoms with Gasteiger partial charge in [-0.15, -0.1) is 0 Å². The Balaban J connectivity index is 2.46. The van der Waals surface area contributed by atoms with Crippen molar-refractivity contribution in [2.75, 3.05) is 0 Å². The lowest BCUT2D eigenvalue weighted by atomic mass is 10.0. The van der Waals surface area contributed by atoms with E-state index >= 15 is 0 Å². The predicted molar refractivity (Wildman–Crippen MR) is 58.8 cm³/mol. The van der Waals surface area contributed by atoms with Crippen molar-refractivity contribution in [2.45, 2.75) is 0 Å². The van der Waals surface area contributed by atoms with Crippen LogP contribution in [0.2, 0.25) is 0 Å². The number of carbonyl (C=O) groups is 1. The van der Waals surface area contributed by atoms with E-state index in [9.17, 15) is 4.79 Å². The number of rotatable bonds is 2. The van der Waals surface area contributed by atoms with E-state index < -0.39 is 5.97 Å². The van der Waals surface area contributed by atoms with Crippen molar-refractivity contribution in [3.8, 4) is 11.1 Å². The molecule has 0 unspecified atom stereocenters. The van der Waals surface area contributed by atoms with Crippen molar-refractivity contribution in [3.63, 3.8) is 0 Å². The molecule has 15 heavy (non-hydrogen) atoms. The highest BCUT2D eigenvalue weighted by Crippen LogP contribution is 2.18. The Morgan fingerprint density at radius 3 is 2.40 bits per heavy atom. The average molecular weight is 202 g/mol. The summed E-state index contributed by atoms with van der Waals surface area (Å²) in [7, 11) is 0. The molecule has 0 aliphatic rings. The molecule has 74 valence electrons. The van der Waals surface area contributed by atoms with Crippen molar-refractivity contribution in [1.82, 2.24) is 0 Å². The van der Waals surface area contributed by atoms with Crippen LogP contribution in [-0.4, -0.2) is 11.1 Å². The molecular formula is C13H10O2. The third kappa shape index (κ3) is 2.05. The molecule has 0 bridgehead atoms. The van der Waals surface area contributed by atoms with Crippen LogP contribution in [0.4, 0.5) is 0 Å². The second-order valence-corrected chi connectivity index (χ2v) is 3.08. The van der Waals surface area contributed by atoms with E-state index in [-0.39, 0.29) is 11.6 Å². The highest BCUT2D eigenvalue weighted by molar-refractivity contribution is 5.88. The van der Waals surface area contributed by atoms with Crippen molar-refractivity contribution < 1.29 is 12.6 Å². The Kier molecular flexibility index (Phi) is 1.91. The molecule has 2 heteroatoms. The first kappa shape index (κ1) is 7.23. The zero-order chi connectivity index (χ0) is 12.4. The zero-order valence-electron chi connectivity index (χ0n) is 9.90. The van der Waals surface area contributed by atoms with Gasteiger partial charge < -0.3 is 5.11 Å². The van der Waals surface area contributed by atoms with Crippen LogP contribution >= 0.6 is 0 Å². The first-order valence-corrected chi connectivity index (χ1v) is 4.49.